The second-order valence-corrected chi connectivity index (χ2v) is 3.72. The van der Waals surface area contributed by atoms with E-state index in [0.29, 0.717) is 39.4 Å². The molecular formula is C9H15N3O3. The minimum absolute atomic E-state index is 0.423. The van der Waals surface area contributed by atoms with Crippen molar-refractivity contribution in [2.75, 3.05) is 46.4 Å². The first-order valence-corrected chi connectivity index (χ1v) is 5.09. The summed E-state index contributed by atoms with van der Waals surface area (Å²) in [5.41, 5.74) is 0. The number of hydrogen-bond acceptors (Lipinski definition) is 4. The van der Waals surface area contributed by atoms with Crippen molar-refractivity contribution in [3.8, 4) is 0 Å². The fourth-order valence-electron chi connectivity index (χ4n) is 1.79. The molecule has 2 amide bonds. The molecule has 0 aromatic carbocycles. The molecule has 0 radical (unpaired) electrons. The molecule has 84 valence electrons. The molecule has 2 aliphatic heterocycles. The van der Waals surface area contributed by atoms with Crippen LogP contribution in [-0.2, 0) is 14.3 Å². The van der Waals surface area contributed by atoms with Crippen molar-refractivity contribution in [1.29, 1.82) is 0 Å². The van der Waals surface area contributed by atoms with Gasteiger partial charge in [-0.15, -0.1) is 0 Å². The molecule has 0 aromatic heterocycles. The highest BCUT2D eigenvalue weighted by Gasteiger charge is 2.34. The van der Waals surface area contributed by atoms with Crippen LogP contribution in [0.3, 0.4) is 0 Å². The van der Waals surface area contributed by atoms with Gasteiger partial charge >= 0.3 is 11.8 Å². The lowest BCUT2D eigenvalue weighted by Crippen LogP contribution is -2.60. The van der Waals surface area contributed by atoms with Crippen molar-refractivity contribution >= 4 is 11.8 Å². The average Bonchev–Trinajstić information content (AvgIpc) is 2.27. The van der Waals surface area contributed by atoms with E-state index in [2.05, 4.69) is 0 Å². The summed E-state index contributed by atoms with van der Waals surface area (Å²) in [7, 11) is 1.65. The summed E-state index contributed by atoms with van der Waals surface area (Å²) >= 11 is 0. The van der Waals surface area contributed by atoms with Gasteiger partial charge in [-0.1, -0.05) is 0 Å². The number of hydrogen-bond donors (Lipinski definition) is 0. The van der Waals surface area contributed by atoms with Gasteiger partial charge in [0.05, 0.1) is 19.8 Å². The molecule has 0 unspecified atom stereocenters. The summed E-state index contributed by atoms with van der Waals surface area (Å²) in [6.45, 7) is 3.79. The van der Waals surface area contributed by atoms with E-state index in [1.54, 1.807) is 12.1 Å². The number of carbonyl (C=O) groups excluding carboxylic acids is 2. The predicted molar refractivity (Wildman–Crippen MR) is 51.7 cm³/mol. The highest BCUT2D eigenvalue weighted by molar-refractivity contribution is 6.35. The lowest BCUT2D eigenvalue weighted by atomic mass is 10.3. The molecule has 0 bridgehead atoms. The largest absolute Gasteiger partial charge is 0.379 e. The SMILES string of the molecule is CN1CCN(N2CCOCC2)C(=O)C1=O. The minimum atomic E-state index is -0.425. The van der Waals surface area contributed by atoms with Crippen LogP contribution in [0.5, 0.6) is 0 Å². The Balaban J connectivity index is 2.02. The summed E-state index contributed by atoms with van der Waals surface area (Å²) in [5.74, 6) is -0.849. The summed E-state index contributed by atoms with van der Waals surface area (Å²) in [4.78, 5) is 24.6. The van der Waals surface area contributed by atoms with Gasteiger partial charge in [0.2, 0.25) is 0 Å². The molecule has 0 atom stereocenters. The second-order valence-electron chi connectivity index (χ2n) is 3.72. The highest BCUT2D eigenvalue weighted by atomic mass is 16.5. The number of likely N-dealkylation sites (N-methyl/N-ethyl adjacent to an activating group) is 1. The first kappa shape index (κ1) is 10.4. The van der Waals surface area contributed by atoms with Crippen LogP contribution in [0.4, 0.5) is 0 Å². The second kappa shape index (κ2) is 4.16. The Morgan fingerprint density at radius 3 is 2.33 bits per heavy atom. The van der Waals surface area contributed by atoms with E-state index in [9.17, 15) is 9.59 Å². The number of hydrazine groups is 1. The van der Waals surface area contributed by atoms with Crippen molar-refractivity contribution in [2.45, 2.75) is 0 Å². The Hall–Kier alpha value is -1.14. The van der Waals surface area contributed by atoms with Crippen LogP contribution in [0.1, 0.15) is 0 Å². The molecule has 6 heteroatoms. The van der Waals surface area contributed by atoms with E-state index in [1.807, 2.05) is 5.01 Å². The standard InChI is InChI=1S/C9H15N3O3/c1-10-2-3-12(9(14)8(10)13)11-4-6-15-7-5-11/h2-7H2,1H3. The van der Waals surface area contributed by atoms with Gasteiger partial charge in [0.1, 0.15) is 0 Å². The third-order valence-corrected chi connectivity index (χ3v) is 2.74. The van der Waals surface area contributed by atoms with E-state index in [-0.39, 0.29) is 0 Å². The van der Waals surface area contributed by atoms with Gasteiger partial charge in [-0.3, -0.25) is 14.6 Å². The summed E-state index contributed by atoms with van der Waals surface area (Å²) in [5, 5.41) is 3.45. The van der Waals surface area contributed by atoms with Gasteiger partial charge in [-0.2, -0.15) is 0 Å². The molecule has 15 heavy (non-hydrogen) atoms. The fourth-order valence-corrected chi connectivity index (χ4v) is 1.79. The van der Waals surface area contributed by atoms with Crippen LogP contribution >= 0.6 is 0 Å². The Labute approximate surface area is 88.3 Å². The number of carbonyl (C=O) groups is 2. The summed E-state index contributed by atoms with van der Waals surface area (Å²) < 4.78 is 5.20. The topological polar surface area (TPSA) is 53.1 Å². The lowest BCUT2D eigenvalue weighted by molar-refractivity contribution is -0.174. The van der Waals surface area contributed by atoms with Crippen LogP contribution in [0.2, 0.25) is 0 Å². The predicted octanol–water partition coefficient (Wildman–Crippen LogP) is -1.47. The van der Waals surface area contributed by atoms with E-state index in [1.165, 1.54) is 4.90 Å². The van der Waals surface area contributed by atoms with Crippen LogP contribution < -0.4 is 0 Å². The Bertz CT molecular complexity index is 276. The Morgan fingerprint density at radius 2 is 1.67 bits per heavy atom. The van der Waals surface area contributed by atoms with Gasteiger partial charge in [0.25, 0.3) is 0 Å². The average molecular weight is 213 g/mol. The summed E-state index contributed by atoms with van der Waals surface area (Å²) in [6, 6.07) is 0. The van der Waals surface area contributed by atoms with Crippen molar-refractivity contribution in [2.24, 2.45) is 0 Å². The van der Waals surface area contributed by atoms with E-state index < -0.39 is 11.8 Å². The van der Waals surface area contributed by atoms with Gasteiger partial charge in [-0.05, 0) is 0 Å². The number of piperazine rings is 1. The molecule has 0 aromatic rings. The van der Waals surface area contributed by atoms with Crippen LogP contribution in [-0.4, -0.2) is 73.2 Å². The van der Waals surface area contributed by atoms with Gasteiger partial charge < -0.3 is 9.64 Å². The molecule has 2 saturated heterocycles. The maximum atomic E-state index is 11.7. The lowest BCUT2D eigenvalue weighted by Gasteiger charge is -2.40. The van der Waals surface area contributed by atoms with Crippen molar-refractivity contribution in [3.63, 3.8) is 0 Å². The molecule has 2 rings (SSSR count). The monoisotopic (exact) mass is 213 g/mol. The molecule has 6 nitrogen and oxygen atoms in total. The molecule has 0 spiro atoms. The fraction of sp³-hybridized carbons (Fsp3) is 0.778. The molecule has 2 heterocycles. The summed E-state index contributed by atoms with van der Waals surface area (Å²) in [6.07, 6.45) is 0. The molecule has 0 aliphatic carbocycles. The maximum absolute atomic E-state index is 11.7. The van der Waals surface area contributed by atoms with E-state index in [0.717, 1.165) is 0 Å². The number of ether oxygens (including phenoxy) is 1. The number of rotatable bonds is 1. The number of nitrogens with zero attached hydrogens (tertiary/aromatic N) is 3. The maximum Gasteiger partial charge on any atom is 0.326 e. The molecule has 2 fully saturated rings. The molecule has 0 saturated carbocycles. The first-order chi connectivity index (χ1) is 7.20. The molecular weight excluding hydrogens is 198 g/mol. The zero-order chi connectivity index (χ0) is 10.8. The normalized spacial score (nSPS) is 24.9. The number of morpholine rings is 1. The first-order valence-electron chi connectivity index (χ1n) is 5.09. The molecule has 2 aliphatic rings. The third-order valence-electron chi connectivity index (χ3n) is 2.74. The Morgan fingerprint density at radius 1 is 1.00 bits per heavy atom. The zero-order valence-electron chi connectivity index (χ0n) is 8.81. The zero-order valence-corrected chi connectivity index (χ0v) is 8.81. The van der Waals surface area contributed by atoms with Crippen LogP contribution in [0, 0.1) is 0 Å². The van der Waals surface area contributed by atoms with Gasteiger partial charge in [0, 0.05) is 26.7 Å². The Kier molecular flexibility index (Phi) is 2.88. The van der Waals surface area contributed by atoms with E-state index >= 15 is 0 Å². The van der Waals surface area contributed by atoms with Crippen LogP contribution in [0.25, 0.3) is 0 Å². The highest BCUT2D eigenvalue weighted by Crippen LogP contribution is 2.09. The van der Waals surface area contributed by atoms with Gasteiger partial charge in [0.15, 0.2) is 0 Å². The molecule has 0 N–H and O–H groups in total. The van der Waals surface area contributed by atoms with Crippen molar-refractivity contribution < 1.29 is 14.3 Å². The minimum Gasteiger partial charge on any atom is -0.379 e. The number of amides is 2. The van der Waals surface area contributed by atoms with Gasteiger partial charge in [-0.25, -0.2) is 5.01 Å². The third kappa shape index (κ3) is 1.95. The quantitative estimate of drug-likeness (QED) is 0.499. The van der Waals surface area contributed by atoms with Crippen molar-refractivity contribution in [3.05, 3.63) is 0 Å². The van der Waals surface area contributed by atoms with Crippen molar-refractivity contribution in [1.82, 2.24) is 14.9 Å². The smallest absolute Gasteiger partial charge is 0.326 e. The van der Waals surface area contributed by atoms with E-state index in [4.69, 9.17) is 4.74 Å². The van der Waals surface area contributed by atoms with Crippen LogP contribution in [0.15, 0.2) is 0 Å².